The normalized spacial score (nSPS) is 31.6. The van der Waals surface area contributed by atoms with Crippen LogP contribution in [-0.4, -0.2) is 48.1 Å². The van der Waals surface area contributed by atoms with Crippen LogP contribution < -0.4 is 4.74 Å². The number of fused-ring (bicyclic) bond motifs is 2. The summed E-state index contributed by atoms with van der Waals surface area (Å²) in [6.07, 6.45) is 6.17. The van der Waals surface area contributed by atoms with Gasteiger partial charge in [0.05, 0.1) is 5.02 Å². The van der Waals surface area contributed by atoms with Crippen molar-refractivity contribution in [1.29, 1.82) is 0 Å². The maximum absolute atomic E-state index is 6.67. The van der Waals surface area contributed by atoms with Crippen LogP contribution in [0.3, 0.4) is 0 Å². The Balaban J connectivity index is 1.52. The molecule has 3 fully saturated rings. The molecule has 0 aliphatic carbocycles. The van der Waals surface area contributed by atoms with E-state index in [0.29, 0.717) is 0 Å². The highest BCUT2D eigenvalue weighted by Crippen LogP contribution is 2.39. The van der Waals surface area contributed by atoms with E-state index in [9.17, 15) is 0 Å². The van der Waals surface area contributed by atoms with Crippen LogP contribution in [0.1, 0.15) is 37.7 Å². The molecule has 0 radical (unpaired) electrons. The Hall–Kier alpha value is -0.770. The van der Waals surface area contributed by atoms with Gasteiger partial charge in [-0.05, 0) is 56.9 Å². The molecule has 1 aromatic carbocycles. The van der Waals surface area contributed by atoms with Crippen molar-refractivity contribution < 1.29 is 4.74 Å². The quantitative estimate of drug-likeness (QED) is 0.843. The van der Waals surface area contributed by atoms with Crippen LogP contribution in [0.5, 0.6) is 5.75 Å². The lowest BCUT2D eigenvalue weighted by molar-refractivity contribution is 0.0453. The lowest BCUT2D eigenvalue weighted by atomic mass is 9.94. The van der Waals surface area contributed by atoms with Crippen LogP contribution in [0.15, 0.2) is 18.2 Å². The third kappa shape index (κ3) is 2.86. The van der Waals surface area contributed by atoms with Gasteiger partial charge in [-0.3, -0.25) is 9.80 Å². The molecule has 22 heavy (non-hydrogen) atoms. The Morgan fingerprint density at radius 1 is 1.05 bits per heavy atom. The van der Waals surface area contributed by atoms with Gasteiger partial charge in [-0.25, -0.2) is 0 Å². The molecular formula is C18H25ClN2O. The topological polar surface area (TPSA) is 15.7 Å². The Kier molecular flexibility index (Phi) is 4.05. The molecular weight excluding hydrogens is 296 g/mol. The van der Waals surface area contributed by atoms with Gasteiger partial charge >= 0.3 is 0 Å². The molecule has 3 aliphatic heterocycles. The Morgan fingerprint density at radius 2 is 1.91 bits per heavy atom. The van der Waals surface area contributed by atoms with Crippen LogP contribution in [-0.2, 0) is 6.54 Å². The minimum atomic E-state index is 0.00809. The van der Waals surface area contributed by atoms with Crippen molar-refractivity contribution in [3.63, 3.8) is 0 Å². The van der Waals surface area contributed by atoms with E-state index >= 15 is 0 Å². The number of hydrogen-bond donors (Lipinski definition) is 0. The number of benzene rings is 1. The van der Waals surface area contributed by atoms with Crippen molar-refractivity contribution in [2.24, 2.45) is 0 Å². The van der Waals surface area contributed by atoms with E-state index in [0.717, 1.165) is 36.7 Å². The smallest absolute Gasteiger partial charge is 0.139 e. The van der Waals surface area contributed by atoms with E-state index in [4.69, 9.17) is 16.3 Å². The van der Waals surface area contributed by atoms with Crippen LogP contribution in [0, 0.1) is 0 Å². The van der Waals surface area contributed by atoms with E-state index in [1.807, 2.05) is 6.07 Å². The van der Waals surface area contributed by atoms with Gasteiger partial charge in [-0.1, -0.05) is 23.7 Å². The molecule has 2 atom stereocenters. The number of rotatable bonds is 4. The van der Waals surface area contributed by atoms with Gasteiger partial charge in [0.15, 0.2) is 0 Å². The molecule has 4 heteroatoms. The molecule has 1 unspecified atom stereocenters. The minimum Gasteiger partial charge on any atom is -0.484 e. The molecule has 1 aromatic rings. The second kappa shape index (κ2) is 6.03. The van der Waals surface area contributed by atoms with E-state index in [2.05, 4.69) is 21.9 Å². The van der Waals surface area contributed by atoms with Crippen molar-refractivity contribution in [3.8, 4) is 5.75 Å². The van der Waals surface area contributed by atoms with Crippen molar-refractivity contribution in [2.45, 2.75) is 44.2 Å². The first-order valence-electron chi connectivity index (χ1n) is 8.65. The molecule has 3 heterocycles. The predicted octanol–water partition coefficient (Wildman–Crippen LogP) is 3.55. The molecule has 0 amide bonds. The standard InChI is InChI=1S/C18H25ClN2O/c19-17-15(13-20-9-1-2-10-20)5-3-6-16(17)22-18-7-4-11-21(14-18)12-8-18/h3,5-6H,1-2,4,7-14H2/t18-/m0/s1. The summed E-state index contributed by atoms with van der Waals surface area (Å²) >= 11 is 6.67. The molecule has 0 saturated carbocycles. The molecule has 0 spiro atoms. The van der Waals surface area contributed by atoms with Crippen molar-refractivity contribution in [2.75, 3.05) is 32.7 Å². The number of piperidine rings is 1. The van der Waals surface area contributed by atoms with Gasteiger partial charge in [-0.2, -0.15) is 0 Å². The number of nitrogens with zero attached hydrogens (tertiary/aromatic N) is 2. The zero-order chi connectivity index (χ0) is 15.0. The summed E-state index contributed by atoms with van der Waals surface area (Å²) in [5, 5.41) is 0.827. The van der Waals surface area contributed by atoms with Crippen LogP contribution in [0.4, 0.5) is 0 Å². The Labute approximate surface area is 138 Å². The summed E-state index contributed by atoms with van der Waals surface area (Å²) in [6, 6.07) is 6.29. The fourth-order valence-electron chi connectivity index (χ4n) is 4.25. The Bertz CT molecular complexity index is 540. The summed E-state index contributed by atoms with van der Waals surface area (Å²) in [6.45, 7) is 6.81. The number of ether oxygens (including phenoxy) is 1. The average molecular weight is 321 g/mol. The Morgan fingerprint density at radius 3 is 2.77 bits per heavy atom. The third-order valence-corrected chi connectivity index (χ3v) is 5.89. The second-order valence-electron chi connectivity index (χ2n) is 7.13. The van der Waals surface area contributed by atoms with Gasteiger partial charge in [0.1, 0.15) is 11.4 Å². The maximum atomic E-state index is 6.67. The summed E-state index contributed by atoms with van der Waals surface area (Å²) in [5.41, 5.74) is 1.22. The highest BCUT2D eigenvalue weighted by molar-refractivity contribution is 6.32. The monoisotopic (exact) mass is 320 g/mol. The molecule has 2 bridgehead atoms. The first-order valence-corrected chi connectivity index (χ1v) is 9.03. The van der Waals surface area contributed by atoms with Gasteiger partial charge in [-0.15, -0.1) is 0 Å². The highest BCUT2D eigenvalue weighted by atomic mass is 35.5. The van der Waals surface area contributed by atoms with Crippen LogP contribution >= 0.6 is 11.6 Å². The van der Waals surface area contributed by atoms with Gasteiger partial charge in [0, 0.05) is 26.1 Å². The average Bonchev–Trinajstić information content (AvgIpc) is 3.12. The zero-order valence-electron chi connectivity index (χ0n) is 13.2. The molecule has 0 aromatic heterocycles. The first-order chi connectivity index (χ1) is 10.7. The summed E-state index contributed by atoms with van der Waals surface area (Å²) in [5.74, 6) is 0.891. The van der Waals surface area contributed by atoms with E-state index in [1.165, 1.54) is 51.0 Å². The number of hydrogen-bond acceptors (Lipinski definition) is 3. The van der Waals surface area contributed by atoms with E-state index < -0.39 is 0 Å². The first kappa shape index (κ1) is 14.8. The molecule has 0 N–H and O–H groups in total. The molecule has 3 nitrogen and oxygen atoms in total. The zero-order valence-corrected chi connectivity index (χ0v) is 13.9. The lowest BCUT2D eigenvalue weighted by Crippen LogP contribution is -2.43. The van der Waals surface area contributed by atoms with Crippen LogP contribution in [0.2, 0.25) is 5.02 Å². The van der Waals surface area contributed by atoms with Crippen molar-refractivity contribution in [1.82, 2.24) is 9.80 Å². The molecule has 120 valence electrons. The second-order valence-corrected chi connectivity index (χ2v) is 7.51. The third-order valence-electron chi connectivity index (χ3n) is 5.46. The van der Waals surface area contributed by atoms with E-state index in [1.54, 1.807) is 0 Å². The van der Waals surface area contributed by atoms with Gasteiger partial charge in [0.2, 0.25) is 0 Å². The van der Waals surface area contributed by atoms with Crippen molar-refractivity contribution in [3.05, 3.63) is 28.8 Å². The van der Waals surface area contributed by atoms with Crippen LogP contribution in [0.25, 0.3) is 0 Å². The fourth-order valence-corrected chi connectivity index (χ4v) is 4.48. The molecule has 3 saturated heterocycles. The summed E-state index contributed by atoms with van der Waals surface area (Å²) < 4.78 is 6.48. The SMILES string of the molecule is Clc1c(CN2CCCC2)cccc1O[C@@]12CCCN(CC1)C2. The summed E-state index contributed by atoms with van der Waals surface area (Å²) in [7, 11) is 0. The largest absolute Gasteiger partial charge is 0.484 e. The maximum Gasteiger partial charge on any atom is 0.139 e. The van der Waals surface area contributed by atoms with Gasteiger partial charge < -0.3 is 4.74 Å². The molecule has 3 aliphatic rings. The fraction of sp³-hybridized carbons (Fsp3) is 0.667. The lowest BCUT2D eigenvalue weighted by Gasteiger charge is -2.35. The number of likely N-dealkylation sites (tertiary alicyclic amines) is 1. The molecule has 4 rings (SSSR count). The number of halogens is 1. The van der Waals surface area contributed by atoms with Crippen molar-refractivity contribution >= 4 is 11.6 Å². The minimum absolute atomic E-state index is 0.00809. The van der Waals surface area contributed by atoms with E-state index in [-0.39, 0.29) is 5.60 Å². The summed E-state index contributed by atoms with van der Waals surface area (Å²) in [4.78, 5) is 5.01. The highest BCUT2D eigenvalue weighted by Gasteiger charge is 2.43. The van der Waals surface area contributed by atoms with Gasteiger partial charge in [0.25, 0.3) is 0 Å². The predicted molar refractivity (Wildman–Crippen MR) is 89.6 cm³/mol.